The van der Waals surface area contributed by atoms with Crippen LogP contribution in [0.25, 0.3) is 10.9 Å². The minimum absolute atomic E-state index is 0.0101. The number of carbonyl (C=O) groups is 1. The van der Waals surface area contributed by atoms with E-state index in [9.17, 15) is 4.79 Å². The molecule has 0 spiro atoms. The van der Waals surface area contributed by atoms with Gasteiger partial charge in [0.15, 0.2) is 0 Å². The van der Waals surface area contributed by atoms with E-state index in [1.165, 1.54) is 36.6 Å². The van der Waals surface area contributed by atoms with Crippen LogP contribution in [0.2, 0.25) is 0 Å². The van der Waals surface area contributed by atoms with Crippen LogP contribution < -0.4 is 4.74 Å². The van der Waals surface area contributed by atoms with Crippen LogP contribution in [0, 0.1) is 5.92 Å². The van der Waals surface area contributed by atoms with Crippen molar-refractivity contribution in [1.82, 2.24) is 9.78 Å². The molecule has 0 radical (unpaired) electrons. The zero-order chi connectivity index (χ0) is 20.2. The first kappa shape index (κ1) is 19.5. The van der Waals surface area contributed by atoms with E-state index in [4.69, 9.17) is 9.84 Å². The van der Waals surface area contributed by atoms with Crippen LogP contribution in [0.5, 0.6) is 5.75 Å². The monoisotopic (exact) mass is 392 g/mol. The lowest BCUT2D eigenvalue weighted by Crippen LogP contribution is -2.08. The number of carboxylic acids is 1. The highest BCUT2D eigenvalue weighted by Crippen LogP contribution is 2.28. The second-order valence-corrected chi connectivity index (χ2v) is 8.23. The summed E-state index contributed by atoms with van der Waals surface area (Å²) in [6.07, 6.45) is 7.39. The summed E-state index contributed by atoms with van der Waals surface area (Å²) in [5.41, 5.74) is 3.31. The topological polar surface area (TPSA) is 64.3 Å². The van der Waals surface area contributed by atoms with Gasteiger partial charge in [-0.15, -0.1) is 0 Å². The van der Waals surface area contributed by atoms with E-state index in [1.807, 2.05) is 37.4 Å². The number of fused-ring (bicyclic) bond motifs is 1. The first-order valence-corrected chi connectivity index (χ1v) is 10.5. The normalized spacial score (nSPS) is 15.6. The number of aliphatic carboxylic acids is 1. The smallest absolute Gasteiger partial charge is 0.303 e. The summed E-state index contributed by atoms with van der Waals surface area (Å²) in [5.74, 6) is 0.750. The molecule has 0 amide bonds. The average Bonchev–Trinajstić information content (AvgIpc) is 3.37. The summed E-state index contributed by atoms with van der Waals surface area (Å²) in [4.78, 5) is 10.9. The van der Waals surface area contributed by atoms with Crippen molar-refractivity contribution in [3.8, 4) is 5.75 Å². The molecule has 1 aliphatic rings. The molecule has 1 heterocycles. The molecule has 1 aromatic heterocycles. The third-order valence-electron chi connectivity index (χ3n) is 5.95. The second-order valence-electron chi connectivity index (χ2n) is 8.23. The van der Waals surface area contributed by atoms with Crippen LogP contribution in [-0.4, -0.2) is 20.9 Å². The fraction of sp³-hybridized carbons (Fsp3) is 0.417. The van der Waals surface area contributed by atoms with E-state index in [0.717, 1.165) is 29.3 Å². The van der Waals surface area contributed by atoms with Gasteiger partial charge in [-0.3, -0.25) is 9.48 Å². The maximum Gasteiger partial charge on any atom is 0.303 e. The predicted octanol–water partition coefficient (Wildman–Crippen LogP) is 5.38. The first-order valence-electron chi connectivity index (χ1n) is 10.5. The van der Waals surface area contributed by atoms with Crippen LogP contribution in [0.4, 0.5) is 0 Å². The van der Waals surface area contributed by atoms with Crippen molar-refractivity contribution in [2.45, 2.75) is 58.1 Å². The Bertz CT molecular complexity index is 971. The molecule has 29 heavy (non-hydrogen) atoms. The predicted molar refractivity (Wildman–Crippen MR) is 113 cm³/mol. The van der Waals surface area contributed by atoms with Gasteiger partial charge >= 0.3 is 5.97 Å². The molecule has 1 atom stereocenters. The third kappa shape index (κ3) is 4.78. The summed E-state index contributed by atoms with van der Waals surface area (Å²) in [5, 5.41) is 14.7. The lowest BCUT2D eigenvalue weighted by molar-refractivity contribution is -0.137. The highest BCUT2D eigenvalue weighted by atomic mass is 16.5. The molecular weight excluding hydrogens is 364 g/mol. The van der Waals surface area contributed by atoms with Gasteiger partial charge in [-0.05, 0) is 54.0 Å². The maximum atomic E-state index is 10.9. The van der Waals surface area contributed by atoms with Crippen molar-refractivity contribution in [2.24, 2.45) is 5.92 Å². The minimum Gasteiger partial charge on any atom is -0.489 e. The number of rotatable bonds is 8. The number of aromatic nitrogens is 2. The first-order chi connectivity index (χ1) is 14.1. The Morgan fingerprint density at radius 3 is 2.69 bits per heavy atom. The van der Waals surface area contributed by atoms with Gasteiger partial charge in [0.1, 0.15) is 12.4 Å². The summed E-state index contributed by atoms with van der Waals surface area (Å²) in [6, 6.07) is 14.1. The van der Waals surface area contributed by atoms with Crippen LogP contribution in [0.15, 0.2) is 48.7 Å². The minimum atomic E-state index is -0.777. The van der Waals surface area contributed by atoms with E-state index in [2.05, 4.69) is 28.0 Å². The highest BCUT2D eigenvalue weighted by molar-refractivity contribution is 5.79. The van der Waals surface area contributed by atoms with Crippen molar-refractivity contribution in [3.63, 3.8) is 0 Å². The zero-order valence-electron chi connectivity index (χ0n) is 16.9. The van der Waals surface area contributed by atoms with Crippen molar-refractivity contribution in [1.29, 1.82) is 0 Å². The van der Waals surface area contributed by atoms with Crippen LogP contribution in [-0.2, 0) is 17.9 Å². The van der Waals surface area contributed by atoms with E-state index in [-0.39, 0.29) is 12.3 Å². The molecule has 0 aliphatic heterocycles. The summed E-state index contributed by atoms with van der Waals surface area (Å²) in [6.45, 7) is 3.42. The largest absolute Gasteiger partial charge is 0.489 e. The van der Waals surface area contributed by atoms with Gasteiger partial charge in [0.2, 0.25) is 0 Å². The van der Waals surface area contributed by atoms with E-state index in [1.54, 1.807) is 0 Å². The van der Waals surface area contributed by atoms with Gasteiger partial charge in [-0.25, -0.2) is 0 Å². The SMILES string of the molecule is CC(CC(=O)O)c1ccc(OCc2ccc3cnn(CC4CCCC4)c3c2)cc1. The molecule has 1 N–H and O–H groups in total. The van der Waals surface area contributed by atoms with Gasteiger partial charge in [0.05, 0.1) is 18.1 Å². The van der Waals surface area contributed by atoms with Crippen molar-refractivity contribution in [2.75, 3.05) is 0 Å². The molecule has 1 saturated carbocycles. The van der Waals surface area contributed by atoms with Crippen LogP contribution >= 0.6 is 0 Å². The molecule has 2 aromatic carbocycles. The Balaban J connectivity index is 1.40. The summed E-state index contributed by atoms with van der Waals surface area (Å²) in [7, 11) is 0. The molecule has 5 heteroatoms. The van der Waals surface area contributed by atoms with Crippen molar-refractivity contribution >= 4 is 16.9 Å². The van der Waals surface area contributed by atoms with Crippen molar-refractivity contribution < 1.29 is 14.6 Å². The fourth-order valence-corrected chi connectivity index (χ4v) is 4.23. The highest BCUT2D eigenvalue weighted by Gasteiger charge is 2.17. The average molecular weight is 392 g/mol. The third-order valence-corrected chi connectivity index (χ3v) is 5.95. The number of benzene rings is 2. The number of carboxylic acid groups (broad SMARTS) is 1. The number of ether oxygens (including phenoxy) is 1. The van der Waals surface area contributed by atoms with Gasteiger partial charge in [0.25, 0.3) is 0 Å². The Hall–Kier alpha value is -2.82. The molecule has 4 rings (SSSR count). The summed E-state index contributed by atoms with van der Waals surface area (Å²) >= 11 is 0. The molecule has 0 bridgehead atoms. The van der Waals surface area contributed by atoms with Crippen LogP contribution in [0.1, 0.15) is 56.1 Å². The molecule has 3 aromatic rings. The van der Waals surface area contributed by atoms with Gasteiger partial charge in [0, 0.05) is 11.9 Å². The molecule has 1 fully saturated rings. The number of hydrogen-bond acceptors (Lipinski definition) is 3. The quantitative estimate of drug-likeness (QED) is 0.559. The van der Waals surface area contributed by atoms with E-state index < -0.39 is 5.97 Å². The van der Waals surface area contributed by atoms with Gasteiger partial charge in [-0.2, -0.15) is 5.10 Å². The maximum absolute atomic E-state index is 10.9. The lowest BCUT2D eigenvalue weighted by atomic mass is 9.98. The van der Waals surface area contributed by atoms with E-state index in [0.29, 0.717) is 6.61 Å². The molecule has 1 aliphatic carbocycles. The Labute approximate surface area is 171 Å². The molecule has 1 unspecified atom stereocenters. The number of nitrogens with zero attached hydrogens (tertiary/aromatic N) is 2. The van der Waals surface area contributed by atoms with Gasteiger partial charge in [-0.1, -0.05) is 44.0 Å². The Morgan fingerprint density at radius 2 is 1.97 bits per heavy atom. The van der Waals surface area contributed by atoms with E-state index >= 15 is 0 Å². The molecule has 0 saturated heterocycles. The Morgan fingerprint density at radius 1 is 1.21 bits per heavy atom. The lowest BCUT2D eigenvalue weighted by Gasteiger charge is -2.12. The second kappa shape index (κ2) is 8.68. The van der Waals surface area contributed by atoms with Gasteiger partial charge < -0.3 is 9.84 Å². The zero-order valence-corrected chi connectivity index (χ0v) is 16.9. The molecule has 5 nitrogen and oxygen atoms in total. The van der Waals surface area contributed by atoms with Crippen LogP contribution in [0.3, 0.4) is 0 Å². The Kier molecular flexibility index (Phi) is 5.84. The standard InChI is InChI=1S/C24H28N2O3/c1-17(12-24(27)28)20-8-10-22(11-9-20)29-16-19-6-7-21-14-25-26(23(21)13-19)15-18-4-2-3-5-18/h6-11,13-14,17-18H,2-5,12,15-16H2,1H3,(H,27,28). The number of hydrogen-bond donors (Lipinski definition) is 1. The van der Waals surface area contributed by atoms with Crippen molar-refractivity contribution in [3.05, 3.63) is 59.8 Å². The fourth-order valence-electron chi connectivity index (χ4n) is 4.23. The molecular formula is C24H28N2O3. The summed E-state index contributed by atoms with van der Waals surface area (Å²) < 4.78 is 8.11. The molecule has 152 valence electrons.